The number of amides is 1. The molecule has 0 radical (unpaired) electrons. The number of nitrogens with one attached hydrogen (secondary N) is 2. The van der Waals surface area contributed by atoms with Crippen molar-refractivity contribution >= 4 is 5.91 Å². The number of nitrogens with zero attached hydrogens (tertiary/aromatic N) is 1. The molecule has 2 aliphatic rings. The number of piperidine rings is 1. The van der Waals surface area contributed by atoms with Crippen LogP contribution in [0.25, 0.3) is 0 Å². The number of pyridine rings is 1. The lowest BCUT2D eigenvalue weighted by atomic mass is 10.2. The molecule has 1 aromatic heterocycles. The van der Waals surface area contributed by atoms with Crippen molar-refractivity contribution in [3.05, 3.63) is 29.1 Å². The number of rotatable bonds is 2. The highest BCUT2D eigenvalue weighted by Gasteiger charge is 2.53. The summed E-state index contributed by atoms with van der Waals surface area (Å²) in [6.07, 6.45) is 0. The van der Waals surface area contributed by atoms with Crippen LogP contribution in [0.1, 0.15) is 21.7 Å². The molecule has 1 amide bonds. The fourth-order valence-corrected chi connectivity index (χ4v) is 2.82. The number of fused-ring (bicyclic) bond motifs is 1. The van der Waals surface area contributed by atoms with Gasteiger partial charge in [0.25, 0.3) is 5.91 Å². The topological polar surface area (TPSA) is 54.0 Å². The van der Waals surface area contributed by atoms with E-state index in [-0.39, 0.29) is 5.91 Å². The van der Waals surface area contributed by atoms with E-state index in [1.54, 1.807) is 0 Å². The highest BCUT2D eigenvalue weighted by atomic mass is 16.2. The monoisotopic (exact) mass is 231 g/mol. The van der Waals surface area contributed by atoms with Gasteiger partial charge in [0, 0.05) is 24.8 Å². The van der Waals surface area contributed by atoms with Crippen molar-refractivity contribution in [1.82, 2.24) is 15.6 Å². The van der Waals surface area contributed by atoms with Gasteiger partial charge in [-0.15, -0.1) is 0 Å². The lowest BCUT2D eigenvalue weighted by molar-refractivity contribution is 0.0941. The number of carbonyl (C=O) groups excluding carboxylic acids is 1. The van der Waals surface area contributed by atoms with Crippen molar-refractivity contribution in [3.8, 4) is 0 Å². The van der Waals surface area contributed by atoms with E-state index < -0.39 is 0 Å². The van der Waals surface area contributed by atoms with E-state index in [9.17, 15) is 4.79 Å². The van der Waals surface area contributed by atoms with Gasteiger partial charge in [-0.25, -0.2) is 4.98 Å². The zero-order chi connectivity index (χ0) is 12.0. The van der Waals surface area contributed by atoms with Crippen molar-refractivity contribution in [1.29, 1.82) is 0 Å². The zero-order valence-corrected chi connectivity index (χ0v) is 10.2. The molecule has 0 bridgehead atoms. The molecule has 2 N–H and O–H groups in total. The summed E-state index contributed by atoms with van der Waals surface area (Å²) in [5.74, 6) is 1.26. The Balaban J connectivity index is 1.69. The van der Waals surface area contributed by atoms with Crippen molar-refractivity contribution < 1.29 is 4.79 Å². The van der Waals surface area contributed by atoms with Crippen LogP contribution < -0.4 is 10.6 Å². The quantitative estimate of drug-likeness (QED) is 0.785. The van der Waals surface area contributed by atoms with Gasteiger partial charge in [-0.05, 0) is 43.4 Å². The first kappa shape index (κ1) is 10.7. The number of aryl methyl sites for hydroxylation is 2. The zero-order valence-electron chi connectivity index (χ0n) is 10.2. The van der Waals surface area contributed by atoms with Gasteiger partial charge in [0.2, 0.25) is 0 Å². The van der Waals surface area contributed by atoms with Crippen molar-refractivity contribution in [2.75, 3.05) is 13.1 Å². The summed E-state index contributed by atoms with van der Waals surface area (Å²) in [4.78, 5) is 16.3. The predicted octanol–water partition coefficient (Wildman–Crippen LogP) is 0.646. The van der Waals surface area contributed by atoms with Crippen molar-refractivity contribution in [2.24, 2.45) is 11.8 Å². The third-order valence-corrected chi connectivity index (χ3v) is 3.72. The van der Waals surface area contributed by atoms with Crippen LogP contribution in [0.3, 0.4) is 0 Å². The molecule has 2 fully saturated rings. The molecule has 0 aromatic carbocycles. The van der Waals surface area contributed by atoms with E-state index in [2.05, 4.69) is 15.6 Å². The molecule has 4 nitrogen and oxygen atoms in total. The lowest BCUT2D eigenvalue weighted by Crippen LogP contribution is -2.33. The van der Waals surface area contributed by atoms with Crippen LogP contribution in [0.2, 0.25) is 0 Å². The Bertz CT molecular complexity index is 441. The molecule has 1 saturated carbocycles. The third-order valence-electron chi connectivity index (χ3n) is 3.72. The minimum atomic E-state index is -0.0313. The summed E-state index contributed by atoms with van der Waals surface area (Å²) in [5, 5.41) is 6.40. The van der Waals surface area contributed by atoms with Crippen LogP contribution >= 0.6 is 0 Å². The Kier molecular flexibility index (Phi) is 2.40. The molecule has 4 heteroatoms. The molecule has 1 aliphatic carbocycles. The fraction of sp³-hybridized carbons (Fsp3) is 0.538. The average molecular weight is 231 g/mol. The number of hydrogen-bond acceptors (Lipinski definition) is 3. The van der Waals surface area contributed by atoms with Crippen LogP contribution in [0.15, 0.2) is 12.1 Å². The lowest BCUT2D eigenvalue weighted by Gasteiger charge is -2.08. The molecular formula is C13H17N3O. The third kappa shape index (κ3) is 1.93. The Labute approximate surface area is 101 Å². The highest BCUT2D eigenvalue weighted by Crippen LogP contribution is 2.41. The number of carbonyl (C=O) groups is 1. The van der Waals surface area contributed by atoms with Crippen LogP contribution in [-0.4, -0.2) is 30.0 Å². The maximum Gasteiger partial charge on any atom is 0.270 e. The van der Waals surface area contributed by atoms with Gasteiger partial charge in [0.05, 0.1) is 0 Å². The van der Waals surface area contributed by atoms with Gasteiger partial charge >= 0.3 is 0 Å². The van der Waals surface area contributed by atoms with Crippen molar-refractivity contribution in [3.63, 3.8) is 0 Å². The SMILES string of the molecule is Cc1cc(C)nc(C(=O)NC2C3CNCC32)c1. The average Bonchev–Trinajstić information content (AvgIpc) is 2.73. The van der Waals surface area contributed by atoms with Gasteiger partial charge in [0.15, 0.2) is 0 Å². The maximum atomic E-state index is 12.0. The maximum absolute atomic E-state index is 12.0. The summed E-state index contributed by atoms with van der Waals surface area (Å²) in [7, 11) is 0. The molecule has 1 aromatic rings. The Morgan fingerprint density at radius 1 is 1.35 bits per heavy atom. The molecule has 90 valence electrons. The fourth-order valence-electron chi connectivity index (χ4n) is 2.82. The van der Waals surface area contributed by atoms with Gasteiger partial charge in [-0.2, -0.15) is 0 Å². The Morgan fingerprint density at radius 2 is 2.06 bits per heavy atom. The molecule has 1 saturated heterocycles. The van der Waals surface area contributed by atoms with E-state index in [4.69, 9.17) is 0 Å². The minimum Gasteiger partial charge on any atom is -0.347 e. The first-order valence-corrected chi connectivity index (χ1v) is 6.12. The minimum absolute atomic E-state index is 0.0313. The Hall–Kier alpha value is -1.42. The summed E-state index contributed by atoms with van der Waals surface area (Å²) < 4.78 is 0. The van der Waals surface area contributed by atoms with E-state index >= 15 is 0 Å². The molecular weight excluding hydrogens is 214 g/mol. The largest absolute Gasteiger partial charge is 0.347 e. The number of aromatic nitrogens is 1. The van der Waals surface area contributed by atoms with Gasteiger partial charge in [-0.1, -0.05) is 0 Å². The van der Waals surface area contributed by atoms with Crippen LogP contribution in [0, 0.1) is 25.7 Å². The van der Waals surface area contributed by atoms with E-state index in [1.807, 2.05) is 26.0 Å². The second-order valence-electron chi connectivity index (χ2n) is 5.16. The summed E-state index contributed by atoms with van der Waals surface area (Å²) in [6.45, 7) is 5.98. The van der Waals surface area contributed by atoms with Crippen LogP contribution in [0.4, 0.5) is 0 Å². The second kappa shape index (κ2) is 3.81. The standard InChI is InChI=1S/C13H17N3O/c1-7-3-8(2)15-11(4-7)13(17)16-12-9-5-14-6-10(9)12/h3-4,9-10,12,14H,5-6H2,1-2H3,(H,16,17). The molecule has 17 heavy (non-hydrogen) atoms. The summed E-state index contributed by atoms with van der Waals surface area (Å²) in [6, 6.07) is 4.19. The molecule has 1 aliphatic heterocycles. The summed E-state index contributed by atoms with van der Waals surface area (Å²) in [5.41, 5.74) is 2.52. The smallest absolute Gasteiger partial charge is 0.270 e. The molecule has 0 spiro atoms. The van der Waals surface area contributed by atoms with Crippen LogP contribution in [-0.2, 0) is 0 Å². The Morgan fingerprint density at radius 3 is 2.71 bits per heavy atom. The van der Waals surface area contributed by atoms with E-state index in [1.165, 1.54) is 0 Å². The molecule has 2 heterocycles. The molecule has 2 atom stereocenters. The van der Waals surface area contributed by atoms with Gasteiger partial charge in [0.1, 0.15) is 5.69 Å². The first-order valence-electron chi connectivity index (χ1n) is 6.12. The normalized spacial score (nSPS) is 29.9. The second-order valence-corrected chi connectivity index (χ2v) is 5.16. The number of hydrogen-bond donors (Lipinski definition) is 2. The van der Waals surface area contributed by atoms with E-state index in [0.717, 1.165) is 24.3 Å². The van der Waals surface area contributed by atoms with Gasteiger partial charge < -0.3 is 10.6 Å². The van der Waals surface area contributed by atoms with Crippen LogP contribution in [0.5, 0.6) is 0 Å². The predicted molar refractivity (Wildman–Crippen MR) is 64.8 cm³/mol. The van der Waals surface area contributed by atoms with Crippen molar-refractivity contribution in [2.45, 2.75) is 19.9 Å². The first-order chi connectivity index (χ1) is 8.15. The highest BCUT2D eigenvalue weighted by molar-refractivity contribution is 5.93. The molecule has 3 rings (SSSR count). The van der Waals surface area contributed by atoms with E-state index in [0.29, 0.717) is 23.6 Å². The molecule has 2 unspecified atom stereocenters. The summed E-state index contributed by atoms with van der Waals surface area (Å²) >= 11 is 0. The van der Waals surface area contributed by atoms with Gasteiger partial charge in [-0.3, -0.25) is 4.79 Å².